The lowest BCUT2D eigenvalue weighted by Crippen LogP contribution is -2.37. The number of rotatable bonds is 13. The number of carbonyl (C=O) groups is 1. The van der Waals surface area contributed by atoms with Gasteiger partial charge in [0.15, 0.2) is 11.5 Å². The minimum absolute atomic E-state index is 0.0343. The van der Waals surface area contributed by atoms with E-state index in [1.54, 1.807) is 14.2 Å². The van der Waals surface area contributed by atoms with Crippen LogP contribution in [0.5, 0.6) is 11.5 Å². The maximum Gasteiger partial charge on any atom is 0.309 e. The molecule has 2 N–H and O–H groups in total. The molecule has 0 aromatic heterocycles. The summed E-state index contributed by atoms with van der Waals surface area (Å²) >= 11 is 0. The van der Waals surface area contributed by atoms with Crippen LogP contribution in [0.25, 0.3) is 0 Å². The van der Waals surface area contributed by atoms with Gasteiger partial charge in [-0.05, 0) is 54.7 Å². The predicted octanol–water partition coefficient (Wildman–Crippen LogP) is 4.23. The fourth-order valence-electron chi connectivity index (χ4n) is 4.18. The lowest BCUT2D eigenvalue weighted by atomic mass is 9.82. The van der Waals surface area contributed by atoms with E-state index in [1.807, 2.05) is 6.07 Å². The molecule has 4 atom stereocenters. The molecule has 2 rings (SSSR count). The summed E-state index contributed by atoms with van der Waals surface area (Å²) in [7, 11) is 3.34. The lowest BCUT2D eigenvalue weighted by Gasteiger charge is -2.27. The van der Waals surface area contributed by atoms with Gasteiger partial charge in [0.1, 0.15) is 6.10 Å². The molecule has 1 fully saturated rings. The summed E-state index contributed by atoms with van der Waals surface area (Å²) in [5.74, 6) is 2.48. The molecule has 1 aromatic rings. The molecule has 1 aromatic carbocycles. The summed E-state index contributed by atoms with van der Waals surface area (Å²) < 4.78 is 22.1. The van der Waals surface area contributed by atoms with E-state index < -0.39 is 0 Å². The van der Waals surface area contributed by atoms with Crippen molar-refractivity contribution in [3.05, 3.63) is 23.8 Å². The number of carbonyl (C=O) groups excluding carboxylic acids is 1. The Kier molecular flexibility index (Phi) is 10.1. The molecule has 6 nitrogen and oxygen atoms in total. The van der Waals surface area contributed by atoms with Gasteiger partial charge in [0.25, 0.3) is 0 Å². The van der Waals surface area contributed by atoms with Crippen molar-refractivity contribution in [3.63, 3.8) is 0 Å². The average molecular weight is 436 g/mol. The van der Waals surface area contributed by atoms with Crippen LogP contribution in [0, 0.1) is 23.7 Å². The number of ether oxygens (including phenoxy) is 4. The van der Waals surface area contributed by atoms with Crippen molar-refractivity contribution >= 4 is 5.97 Å². The van der Waals surface area contributed by atoms with E-state index in [-0.39, 0.29) is 30.0 Å². The number of hydrogen-bond acceptors (Lipinski definition) is 6. The van der Waals surface area contributed by atoms with E-state index in [0.717, 1.165) is 37.2 Å². The van der Waals surface area contributed by atoms with E-state index in [9.17, 15) is 4.79 Å². The van der Waals surface area contributed by atoms with E-state index in [4.69, 9.17) is 24.7 Å². The molecule has 0 aliphatic carbocycles. The van der Waals surface area contributed by atoms with Crippen LogP contribution < -0.4 is 15.2 Å². The molecule has 176 valence electrons. The third-order valence-corrected chi connectivity index (χ3v) is 6.33. The number of nitrogens with two attached hydrogens (primary N) is 1. The van der Waals surface area contributed by atoms with Crippen molar-refractivity contribution in [2.45, 2.75) is 65.5 Å². The van der Waals surface area contributed by atoms with Gasteiger partial charge in [-0.25, -0.2) is 0 Å². The number of cyclic esters (lactones) is 1. The second kappa shape index (κ2) is 12.3. The molecule has 0 bridgehead atoms. The first-order valence-corrected chi connectivity index (χ1v) is 11.5. The quantitative estimate of drug-likeness (QED) is 0.369. The highest BCUT2D eigenvalue weighted by molar-refractivity contribution is 5.75. The molecular formula is C25H41NO5. The topological polar surface area (TPSA) is 80.0 Å². The molecule has 1 heterocycles. The van der Waals surface area contributed by atoms with Crippen LogP contribution in [0.1, 0.15) is 52.5 Å². The molecule has 1 aliphatic heterocycles. The summed E-state index contributed by atoms with van der Waals surface area (Å²) in [6, 6.07) is 5.97. The van der Waals surface area contributed by atoms with E-state index in [2.05, 4.69) is 39.8 Å². The van der Waals surface area contributed by atoms with Crippen molar-refractivity contribution < 1.29 is 23.7 Å². The van der Waals surface area contributed by atoms with Gasteiger partial charge < -0.3 is 24.7 Å². The van der Waals surface area contributed by atoms with Crippen LogP contribution in [0.15, 0.2) is 18.2 Å². The number of methoxy groups -OCH3 is 2. The fourth-order valence-corrected chi connectivity index (χ4v) is 4.18. The van der Waals surface area contributed by atoms with Gasteiger partial charge in [-0.1, -0.05) is 33.8 Å². The van der Waals surface area contributed by atoms with Gasteiger partial charge in [0.2, 0.25) is 0 Å². The Morgan fingerprint density at radius 3 is 2.45 bits per heavy atom. The minimum atomic E-state index is -0.184. The molecular weight excluding hydrogens is 394 g/mol. The normalized spacial score (nSPS) is 20.7. The SMILES string of the molecule is COCCCOc1cc(C[C@@H](C[C@H](N)[C@@H]2C[C@H](C(C)C)C(=O)O2)C(C)C)ccc1OC. The Morgan fingerprint density at radius 1 is 1.13 bits per heavy atom. The van der Waals surface area contributed by atoms with Gasteiger partial charge in [-0.3, -0.25) is 4.79 Å². The van der Waals surface area contributed by atoms with Crippen LogP contribution in [-0.4, -0.2) is 45.5 Å². The first-order valence-electron chi connectivity index (χ1n) is 11.5. The number of benzene rings is 1. The molecule has 0 radical (unpaired) electrons. The Labute approximate surface area is 187 Å². The Hall–Kier alpha value is -1.79. The molecule has 0 spiro atoms. The van der Waals surface area contributed by atoms with Crippen LogP contribution in [0.4, 0.5) is 0 Å². The summed E-state index contributed by atoms with van der Waals surface area (Å²) in [5, 5.41) is 0. The monoisotopic (exact) mass is 435 g/mol. The maximum absolute atomic E-state index is 12.2. The summed E-state index contributed by atoms with van der Waals surface area (Å²) in [6.07, 6.45) is 3.07. The van der Waals surface area contributed by atoms with Gasteiger partial charge in [0, 0.05) is 26.2 Å². The highest BCUT2D eigenvalue weighted by atomic mass is 16.6. The van der Waals surface area contributed by atoms with Crippen LogP contribution in [0.2, 0.25) is 0 Å². The zero-order valence-electron chi connectivity index (χ0n) is 20.1. The van der Waals surface area contributed by atoms with E-state index in [1.165, 1.54) is 5.56 Å². The average Bonchev–Trinajstić information content (AvgIpc) is 3.13. The van der Waals surface area contributed by atoms with Gasteiger partial charge in [-0.2, -0.15) is 0 Å². The van der Waals surface area contributed by atoms with Crippen LogP contribution in [0.3, 0.4) is 0 Å². The smallest absolute Gasteiger partial charge is 0.309 e. The second-order valence-electron chi connectivity index (χ2n) is 9.35. The largest absolute Gasteiger partial charge is 0.493 e. The molecule has 1 aliphatic rings. The summed E-state index contributed by atoms with van der Waals surface area (Å²) in [5.41, 5.74) is 7.72. The predicted molar refractivity (Wildman–Crippen MR) is 122 cm³/mol. The zero-order chi connectivity index (χ0) is 23.0. The van der Waals surface area contributed by atoms with Crippen molar-refractivity contribution in [1.29, 1.82) is 0 Å². The second-order valence-corrected chi connectivity index (χ2v) is 9.35. The zero-order valence-corrected chi connectivity index (χ0v) is 20.1. The molecule has 0 amide bonds. The Bertz CT molecular complexity index is 690. The first-order chi connectivity index (χ1) is 14.8. The molecule has 1 saturated heterocycles. The highest BCUT2D eigenvalue weighted by Gasteiger charge is 2.39. The van der Waals surface area contributed by atoms with E-state index >= 15 is 0 Å². The van der Waals surface area contributed by atoms with Gasteiger partial charge in [-0.15, -0.1) is 0 Å². The fraction of sp³-hybridized carbons (Fsp3) is 0.720. The summed E-state index contributed by atoms with van der Waals surface area (Å²) in [6.45, 7) is 9.82. The van der Waals surface area contributed by atoms with Crippen molar-refractivity contribution in [3.8, 4) is 11.5 Å². The molecule has 6 heteroatoms. The summed E-state index contributed by atoms with van der Waals surface area (Å²) in [4.78, 5) is 12.2. The number of hydrogen-bond donors (Lipinski definition) is 1. The van der Waals surface area contributed by atoms with Crippen molar-refractivity contribution in [2.24, 2.45) is 29.4 Å². The first kappa shape index (κ1) is 25.5. The number of esters is 1. The Balaban J connectivity index is 2.03. The van der Waals surface area contributed by atoms with Gasteiger partial charge >= 0.3 is 5.97 Å². The molecule has 31 heavy (non-hydrogen) atoms. The van der Waals surface area contributed by atoms with Crippen molar-refractivity contribution in [2.75, 3.05) is 27.4 Å². The van der Waals surface area contributed by atoms with Gasteiger partial charge in [0.05, 0.1) is 19.6 Å². The maximum atomic E-state index is 12.2. The van der Waals surface area contributed by atoms with Crippen LogP contribution >= 0.6 is 0 Å². The Morgan fingerprint density at radius 2 is 1.87 bits per heavy atom. The molecule has 0 unspecified atom stereocenters. The van der Waals surface area contributed by atoms with Crippen molar-refractivity contribution in [1.82, 2.24) is 0 Å². The molecule has 0 saturated carbocycles. The highest BCUT2D eigenvalue weighted by Crippen LogP contribution is 2.34. The van der Waals surface area contributed by atoms with E-state index in [0.29, 0.717) is 25.0 Å². The third-order valence-electron chi connectivity index (χ3n) is 6.33. The van der Waals surface area contributed by atoms with Crippen LogP contribution in [-0.2, 0) is 20.7 Å². The third kappa shape index (κ3) is 7.39. The minimum Gasteiger partial charge on any atom is -0.493 e. The lowest BCUT2D eigenvalue weighted by molar-refractivity contribution is -0.146. The standard InChI is InChI=1S/C25H41NO5/c1-16(2)19(14-21(26)23-15-20(17(3)4)25(27)31-23)12-18-8-9-22(29-6)24(13-18)30-11-7-10-28-5/h8-9,13,16-17,19-21,23H,7,10-12,14-15,26H2,1-6H3/t19-,20+,21-,23-/m0/s1.